The third-order valence-electron chi connectivity index (χ3n) is 2.48. The highest BCUT2D eigenvalue weighted by Crippen LogP contribution is 2.19. The number of carbonyl (C=O) groups excluding carboxylic acids is 1. The van der Waals surface area contributed by atoms with Crippen molar-refractivity contribution < 1.29 is 9.53 Å². The van der Waals surface area contributed by atoms with Crippen molar-refractivity contribution in [1.82, 2.24) is 5.32 Å². The highest BCUT2D eigenvalue weighted by Gasteiger charge is 2.01. The summed E-state index contributed by atoms with van der Waals surface area (Å²) in [4.78, 5) is 11.6. The van der Waals surface area contributed by atoms with Crippen LogP contribution in [0, 0.1) is 5.92 Å². The van der Waals surface area contributed by atoms with Crippen LogP contribution in [0.5, 0.6) is 5.75 Å². The molecular weight excluding hydrogens is 238 g/mol. The van der Waals surface area contributed by atoms with Crippen molar-refractivity contribution in [2.24, 2.45) is 5.92 Å². The van der Waals surface area contributed by atoms with Crippen molar-refractivity contribution in [1.29, 1.82) is 0 Å². The van der Waals surface area contributed by atoms with Crippen LogP contribution in [0.15, 0.2) is 30.3 Å². The van der Waals surface area contributed by atoms with Gasteiger partial charge in [-0.2, -0.15) is 0 Å². The topological polar surface area (TPSA) is 38.3 Å². The Hall–Kier alpha value is -1.77. The Morgan fingerprint density at radius 1 is 1.37 bits per heavy atom. The number of benzene rings is 1. The molecule has 0 heterocycles. The molecule has 0 spiro atoms. The quantitative estimate of drug-likeness (QED) is 0.765. The van der Waals surface area contributed by atoms with Crippen molar-refractivity contribution in [2.75, 3.05) is 13.2 Å². The van der Waals surface area contributed by atoms with Crippen LogP contribution in [0.4, 0.5) is 0 Å². The van der Waals surface area contributed by atoms with Crippen LogP contribution in [0.1, 0.15) is 32.8 Å². The van der Waals surface area contributed by atoms with E-state index in [1.807, 2.05) is 24.3 Å². The Kier molecular flexibility index (Phi) is 6.72. The first-order chi connectivity index (χ1) is 9.13. The van der Waals surface area contributed by atoms with Crippen LogP contribution >= 0.6 is 0 Å². The summed E-state index contributed by atoms with van der Waals surface area (Å²) in [5.74, 6) is 1.20. The molecule has 1 aromatic carbocycles. The molecule has 1 amide bonds. The summed E-state index contributed by atoms with van der Waals surface area (Å²) in [6.45, 7) is 7.58. The molecule has 3 heteroatoms. The first-order valence-electron chi connectivity index (χ1n) is 6.81. The highest BCUT2D eigenvalue weighted by molar-refractivity contribution is 5.92. The van der Waals surface area contributed by atoms with Crippen molar-refractivity contribution >= 4 is 12.0 Å². The molecule has 0 unspecified atom stereocenters. The lowest BCUT2D eigenvalue weighted by atomic mass is 10.2. The molecule has 19 heavy (non-hydrogen) atoms. The van der Waals surface area contributed by atoms with E-state index in [1.165, 1.54) is 0 Å². The molecule has 0 aliphatic heterocycles. The predicted molar refractivity (Wildman–Crippen MR) is 79.1 cm³/mol. The Morgan fingerprint density at radius 2 is 2.11 bits per heavy atom. The second kappa shape index (κ2) is 8.35. The van der Waals surface area contributed by atoms with E-state index in [4.69, 9.17) is 4.74 Å². The number of para-hydroxylation sites is 1. The molecule has 0 saturated heterocycles. The number of amides is 1. The minimum Gasteiger partial charge on any atom is -0.493 e. The molecule has 0 fully saturated rings. The normalized spacial score (nSPS) is 10.9. The number of ether oxygens (including phenoxy) is 1. The second-order valence-electron chi connectivity index (χ2n) is 4.86. The van der Waals surface area contributed by atoms with Gasteiger partial charge in [0, 0.05) is 18.2 Å². The first kappa shape index (κ1) is 15.3. The maximum Gasteiger partial charge on any atom is 0.244 e. The van der Waals surface area contributed by atoms with Crippen LogP contribution in [0.2, 0.25) is 0 Å². The first-order valence-corrected chi connectivity index (χ1v) is 6.81. The average molecular weight is 261 g/mol. The zero-order chi connectivity index (χ0) is 14.1. The van der Waals surface area contributed by atoms with E-state index in [9.17, 15) is 4.79 Å². The van der Waals surface area contributed by atoms with Gasteiger partial charge in [0.2, 0.25) is 5.91 Å². The van der Waals surface area contributed by atoms with Crippen LogP contribution < -0.4 is 10.1 Å². The molecule has 104 valence electrons. The lowest BCUT2D eigenvalue weighted by Gasteiger charge is -2.08. The van der Waals surface area contributed by atoms with E-state index in [0.717, 1.165) is 17.7 Å². The van der Waals surface area contributed by atoms with Crippen LogP contribution in [-0.4, -0.2) is 19.1 Å². The van der Waals surface area contributed by atoms with Crippen molar-refractivity contribution in [2.45, 2.75) is 27.2 Å². The lowest BCUT2D eigenvalue weighted by Crippen LogP contribution is -2.25. The molecule has 1 N–H and O–H groups in total. The lowest BCUT2D eigenvalue weighted by molar-refractivity contribution is -0.116. The molecule has 0 aromatic heterocycles. The van der Waals surface area contributed by atoms with E-state index in [0.29, 0.717) is 19.1 Å². The number of hydrogen-bond donors (Lipinski definition) is 1. The minimum atomic E-state index is -0.0704. The van der Waals surface area contributed by atoms with Gasteiger partial charge in [0.1, 0.15) is 5.75 Å². The number of carbonyl (C=O) groups is 1. The predicted octanol–water partition coefficient (Wildman–Crippen LogP) is 3.26. The molecule has 0 bridgehead atoms. The third kappa shape index (κ3) is 6.09. The van der Waals surface area contributed by atoms with E-state index in [2.05, 4.69) is 26.1 Å². The summed E-state index contributed by atoms with van der Waals surface area (Å²) in [7, 11) is 0. The van der Waals surface area contributed by atoms with E-state index in [1.54, 1.807) is 12.2 Å². The summed E-state index contributed by atoms with van der Waals surface area (Å²) < 4.78 is 5.63. The molecular formula is C16H23NO2. The van der Waals surface area contributed by atoms with Gasteiger partial charge in [0.25, 0.3) is 0 Å². The van der Waals surface area contributed by atoms with Gasteiger partial charge >= 0.3 is 0 Å². The van der Waals surface area contributed by atoms with Crippen LogP contribution in [0.3, 0.4) is 0 Å². The molecule has 3 nitrogen and oxygen atoms in total. The zero-order valence-corrected chi connectivity index (χ0v) is 12.0. The van der Waals surface area contributed by atoms with Gasteiger partial charge < -0.3 is 10.1 Å². The fourth-order valence-corrected chi connectivity index (χ4v) is 1.49. The van der Waals surface area contributed by atoms with Gasteiger partial charge in [-0.25, -0.2) is 0 Å². The van der Waals surface area contributed by atoms with Crippen molar-refractivity contribution in [3.05, 3.63) is 35.9 Å². The molecule has 0 radical (unpaired) electrons. The van der Waals surface area contributed by atoms with E-state index < -0.39 is 0 Å². The molecule has 0 aliphatic rings. The van der Waals surface area contributed by atoms with E-state index in [-0.39, 0.29) is 5.91 Å². The fourth-order valence-electron chi connectivity index (χ4n) is 1.49. The summed E-state index contributed by atoms with van der Waals surface area (Å²) in [5, 5.41) is 2.85. The molecule has 0 aliphatic carbocycles. The van der Waals surface area contributed by atoms with Gasteiger partial charge in [0.05, 0.1) is 6.61 Å². The SMILES string of the molecule is CCCOc1ccccc1/C=C/C(=O)NCC(C)C. The summed E-state index contributed by atoms with van der Waals surface area (Å²) >= 11 is 0. The Labute approximate surface area is 115 Å². The number of hydrogen-bond acceptors (Lipinski definition) is 2. The Bertz CT molecular complexity index is 425. The Balaban J connectivity index is 2.62. The standard InChI is InChI=1S/C16H23NO2/c1-4-11-19-15-8-6-5-7-14(15)9-10-16(18)17-12-13(2)3/h5-10,13H,4,11-12H2,1-3H3,(H,17,18)/b10-9+. The van der Waals surface area contributed by atoms with Gasteiger partial charge in [-0.3, -0.25) is 4.79 Å². The summed E-state index contributed by atoms with van der Waals surface area (Å²) in [5.41, 5.74) is 0.927. The molecule has 1 aromatic rings. The highest BCUT2D eigenvalue weighted by atomic mass is 16.5. The monoisotopic (exact) mass is 261 g/mol. The van der Waals surface area contributed by atoms with Gasteiger partial charge in [-0.1, -0.05) is 39.0 Å². The third-order valence-corrected chi connectivity index (χ3v) is 2.48. The second-order valence-corrected chi connectivity index (χ2v) is 4.86. The molecule has 1 rings (SSSR count). The van der Waals surface area contributed by atoms with Crippen LogP contribution in [-0.2, 0) is 4.79 Å². The fraction of sp³-hybridized carbons (Fsp3) is 0.438. The minimum absolute atomic E-state index is 0.0704. The van der Waals surface area contributed by atoms with E-state index >= 15 is 0 Å². The smallest absolute Gasteiger partial charge is 0.244 e. The summed E-state index contributed by atoms with van der Waals surface area (Å²) in [6.07, 6.45) is 4.31. The number of nitrogens with one attached hydrogen (secondary N) is 1. The average Bonchev–Trinajstić information content (AvgIpc) is 2.41. The molecule has 0 saturated carbocycles. The van der Waals surface area contributed by atoms with Gasteiger partial charge in [0.15, 0.2) is 0 Å². The summed E-state index contributed by atoms with van der Waals surface area (Å²) in [6, 6.07) is 7.73. The van der Waals surface area contributed by atoms with Gasteiger partial charge in [-0.15, -0.1) is 0 Å². The van der Waals surface area contributed by atoms with Crippen LogP contribution in [0.25, 0.3) is 6.08 Å². The van der Waals surface area contributed by atoms with Crippen molar-refractivity contribution in [3.63, 3.8) is 0 Å². The largest absolute Gasteiger partial charge is 0.493 e. The molecule has 0 atom stereocenters. The maximum absolute atomic E-state index is 11.6. The maximum atomic E-state index is 11.6. The number of rotatable bonds is 7. The van der Waals surface area contributed by atoms with Gasteiger partial charge in [-0.05, 0) is 24.5 Å². The zero-order valence-electron chi connectivity index (χ0n) is 12.0. The Morgan fingerprint density at radius 3 is 2.79 bits per heavy atom. The van der Waals surface area contributed by atoms with Crippen molar-refractivity contribution in [3.8, 4) is 5.75 Å².